The first-order chi connectivity index (χ1) is 8.02. The molecule has 17 heavy (non-hydrogen) atoms. The third kappa shape index (κ3) is 2.58. The standard InChI is InChI=1S/C10H6ClF3N2S/c11-5-8-15-16-9(17-8)6-3-1-2-4-7(6)10(12,13)14/h1-4H,5H2. The van der Waals surface area contributed by atoms with Gasteiger partial charge in [0.2, 0.25) is 0 Å². The van der Waals surface area contributed by atoms with Crippen molar-refractivity contribution in [2.75, 3.05) is 0 Å². The van der Waals surface area contributed by atoms with E-state index in [2.05, 4.69) is 10.2 Å². The molecular weight excluding hydrogens is 273 g/mol. The van der Waals surface area contributed by atoms with Crippen LogP contribution in [-0.2, 0) is 12.1 Å². The highest BCUT2D eigenvalue weighted by molar-refractivity contribution is 7.14. The molecule has 1 heterocycles. The Labute approximate surface area is 104 Å². The Hall–Kier alpha value is -1.14. The van der Waals surface area contributed by atoms with Gasteiger partial charge in [-0.2, -0.15) is 13.2 Å². The second kappa shape index (κ2) is 4.62. The van der Waals surface area contributed by atoms with Crippen LogP contribution < -0.4 is 0 Å². The first-order valence-corrected chi connectivity index (χ1v) is 5.92. The van der Waals surface area contributed by atoms with E-state index < -0.39 is 11.7 Å². The van der Waals surface area contributed by atoms with Crippen molar-refractivity contribution < 1.29 is 13.2 Å². The van der Waals surface area contributed by atoms with Crippen LogP contribution in [0.5, 0.6) is 0 Å². The fourth-order valence-corrected chi connectivity index (χ4v) is 2.28. The lowest BCUT2D eigenvalue weighted by Gasteiger charge is -2.09. The number of alkyl halides is 4. The van der Waals surface area contributed by atoms with Crippen LogP contribution in [0.1, 0.15) is 10.6 Å². The van der Waals surface area contributed by atoms with Crippen molar-refractivity contribution in [3.63, 3.8) is 0 Å². The van der Waals surface area contributed by atoms with Crippen molar-refractivity contribution in [3.05, 3.63) is 34.8 Å². The van der Waals surface area contributed by atoms with Gasteiger partial charge in [0.05, 0.1) is 11.4 Å². The Balaban J connectivity index is 2.52. The summed E-state index contributed by atoms with van der Waals surface area (Å²) in [5, 5.41) is 8.15. The zero-order valence-corrected chi connectivity index (χ0v) is 9.90. The zero-order valence-electron chi connectivity index (χ0n) is 8.33. The van der Waals surface area contributed by atoms with Gasteiger partial charge >= 0.3 is 6.18 Å². The van der Waals surface area contributed by atoms with Crippen molar-refractivity contribution in [1.29, 1.82) is 0 Å². The second-order valence-electron chi connectivity index (χ2n) is 3.18. The predicted molar refractivity (Wildman–Crippen MR) is 59.9 cm³/mol. The van der Waals surface area contributed by atoms with E-state index >= 15 is 0 Å². The molecule has 90 valence electrons. The van der Waals surface area contributed by atoms with Crippen LogP contribution in [0.25, 0.3) is 10.6 Å². The summed E-state index contributed by atoms with van der Waals surface area (Å²) in [5.41, 5.74) is -0.675. The highest BCUT2D eigenvalue weighted by Crippen LogP contribution is 2.37. The molecule has 0 saturated heterocycles. The van der Waals surface area contributed by atoms with Gasteiger partial charge in [-0.1, -0.05) is 29.5 Å². The van der Waals surface area contributed by atoms with Crippen LogP contribution >= 0.6 is 22.9 Å². The van der Waals surface area contributed by atoms with Gasteiger partial charge in [0.25, 0.3) is 0 Å². The molecule has 0 aliphatic rings. The highest BCUT2D eigenvalue weighted by Gasteiger charge is 2.34. The normalized spacial score (nSPS) is 11.8. The van der Waals surface area contributed by atoms with Gasteiger partial charge < -0.3 is 0 Å². The molecule has 1 aromatic carbocycles. The second-order valence-corrected chi connectivity index (χ2v) is 4.51. The van der Waals surface area contributed by atoms with E-state index in [-0.39, 0.29) is 16.5 Å². The molecule has 0 radical (unpaired) electrons. The Bertz CT molecular complexity index is 524. The van der Waals surface area contributed by atoms with Crippen molar-refractivity contribution in [3.8, 4) is 10.6 Å². The molecule has 0 fully saturated rings. The van der Waals surface area contributed by atoms with Gasteiger partial charge in [0.1, 0.15) is 10.0 Å². The molecule has 0 amide bonds. The minimum absolute atomic E-state index is 0.0360. The number of nitrogens with zero attached hydrogens (tertiary/aromatic N) is 2. The van der Waals surface area contributed by atoms with E-state index in [9.17, 15) is 13.2 Å². The number of aromatic nitrogens is 2. The molecule has 0 atom stereocenters. The summed E-state index contributed by atoms with van der Waals surface area (Å²) in [6.07, 6.45) is -4.40. The maximum atomic E-state index is 12.8. The molecule has 0 N–H and O–H groups in total. The lowest BCUT2D eigenvalue weighted by atomic mass is 10.1. The molecule has 2 aromatic rings. The first-order valence-electron chi connectivity index (χ1n) is 4.57. The molecule has 2 rings (SSSR count). The molecule has 1 aromatic heterocycles. The van der Waals surface area contributed by atoms with Crippen LogP contribution in [0, 0.1) is 0 Å². The van der Waals surface area contributed by atoms with Crippen LogP contribution in [0.3, 0.4) is 0 Å². The van der Waals surface area contributed by atoms with Crippen molar-refractivity contribution in [2.45, 2.75) is 12.1 Å². The zero-order chi connectivity index (χ0) is 12.5. The summed E-state index contributed by atoms with van der Waals surface area (Å²) in [7, 11) is 0. The predicted octanol–water partition coefficient (Wildman–Crippen LogP) is 3.96. The number of rotatable bonds is 2. The Morgan fingerprint density at radius 1 is 1.18 bits per heavy atom. The number of hydrogen-bond donors (Lipinski definition) is 0. The fourth-order valence-electron chi connectivity index (χ4n) is 1.33. The maximum absolute atomic E-state index is 12.8. The molecule has 0 saturated carbocycles. The van der Waals surface area contributed by atoms with Gasteiger partial charge in [-0.15, -0.1) is 21.8 Å². The van der Waals surface area contributed by atoms with E-state index in [0.717, 1.165) is 17.4 Å². The number of hydrogen-bond acceptors (Lipinski definition) is 3. The quantitative estimate of drug-likeness (QED) is 0.777. The molecule has 2 nitrogen and oxygen atoms in total. The summed E-state index contributed by atoms with van der Waals surface area (Å²) >= 11 is 6.61. The van der Waals surface area contributed by atoms with E-state index in [1.54, 1.807) is 0 Å². The summed E-state index contributed by atoms with van der Waals surface area (Å²) < 4.78 is 38.3. The van der Waals surface area contributed by atoms with Gasteiger partial charge in [-0.3, -0.25) is 0 Å². The molecule has 7 heteroatoms. The van der Waals surface area contributed by atoms with Crippen molar-refractivity contribution >= 4 is 22.9 Å². The molecule has 0 spiro atoms. The summed E-state index contributed by atoms with van der Waals surface area (Å²) in [6, 6.07) is 5.28. The lowest BCUT2D eigenvalue weighted by molar-refractivity contribution is -0.137. The third-order valence-corrected chi connectivity index (χ3v) is 3.41. The van der Waals surface area contributed by atoms with E-state index in [1.165, 1.54) is 18.2 Å². The third-order valence-electron chi connectivity index (χ3n) is 2.04. The topological polar surface area (TPSA) is 25.8 Å². The Morgan fingerprint density at radius 2 is 1.88 bits per heavy atom. The molecule has 0 aliphatic carbocycles. The van der Waals surface area contributed by atoms with Crippen LogP contribution in [-0.4, -0.2) is 10.2 Å². The minimum Gasteiger partial charge on any atom is -0.166 e. The lowest BCUT2D eigenvalue weighted by Crippen LogP contribution is -2.06. The van der Waals surface area contributed by atoms with E-state index in [0.29, 0.717) is 5.01 Å². The SMILES string of the molecule is FC(F)(F)c1ccccc1-c1nnc(CCl)s1. The monoisotopic (exact) mass is 278 g/mol. The minimum atomic E-state index is -4.40. The fraction of sp³-hybridized carbons (Fsp3) is 0.200. The molecular formula is C10H6ClF3N2S. The maximum Gasteiger partial charge on any atom is 0.417 e. The molecule has 0 bridgehead atoms. The summed E-state index contributed by atoms with van der Waals surface area (Å²) in [5.74, 6) is 0.145. The van der Waals surface area contributed by atoms with Crippen molar-refractivity contribution in [2.24, 2.45) is 0 Å². The van der Waals surface area contributed by atoms with Gasteiger partial charge in [-0.05, 0) is 6.07 Å². The smallest absolute Gasteiger partial charge is 0.166 e. The largest absolute Gasteiger partial charge is 0.417 e. The van der Waals surface area contributed by atoms with E-state index in [4.69, 9.17) is 11.6 Å². The van der Waals surface area contributed by atoms with Crippen LogP contribution in [0.15, 0.2) is 24.3 Å². The van der Waals surface area contributed by atoms with Gasteiger partial charge in [0, 0.05) is 5.56 Å². The van der Waals surface area contributed by atoms with E-state index in [1.807, 2.05) is 0 Å². The first kappa shape index (κ1) is 12.3. The average Bonchev–Trinajstić information content (AvgIpc) is 2.76. The molecule has 0 unspecified atom stereocenters. The number of halogens is 4. The Morgan fingerprint density at radius 3 is 2.47 bits per heavy atom. The molecule has 0 aliphatic heterocycles. The van der Waals surface area contributed by atoms with Crippen LogP contribution in [0.4, 0.5) is 13.2 Å². The average molecular weight is 279 g/mol. The van der Waals surface area contributed by atoms with Crippen molar-refractivity contribution in [1.82, 2.24) is 10.2 Å². The van der Waals surface area contributed by atoms with Gasteiger partial charge in [0.15, 0.2) is 0 Å². The summed E-state index contributed by atoms with van der Waals surface area (Å²) in [6.45, 7) is 0. The Kier molecular flexibility index (Phi) is 3.35. The highest BCUT2D eigenvalue weighted by atomic mass is 35.5. The van der Waals surface area contributed by atoms with Crippen LogP contribution in [0.2, 0.25) is 0 Å². The number of benzene rings is 1. The van der Waals surface area contributed by atoms with Gasteiger partial charge in [-0.25, -0.2) is 0 Å². The summed E-state index contributed by atoms with van der Waals surface area (Å²) in [4.78, 5) is 0.